The summed E-state index contributed by atoms with van der Waals surface area (Å²) in [5.74, 6) is 1.04. The fourth-order valence-corrected chi connectivity index (χ4v) is 5.89. The van der Waals surface area contributed by atoms with E-state index in [9.17, 15) is 0 Å². The summed E-state index contributed by atoms with van der Waals surface area (Å²) in [6.07, 6.45) is 11.3. The summed E-state index contributed by atoms with van der Waals surface area (Å²) in [5, 5.41) is 0.787. The molecule has 0 amide bonds. The lowest BCUT2D eigenvalue weighted by Crippen LogP contribution is -2.31. The van der Waals surface area contributed by atoms with Gasteiger partial charge in [0.1, 0.15) is 5.75 Å². The molecule has 1 unspecified atom stereocenters. The molecule has 3 nitrogen and oxygen atoms in total. The zero-order valence-electron chi connectivity index (χ0n) is 21.2. The van der Waals surface area contributed by atoms with Crippen molar-refractivity contribution in [1.29, 1.82) is 0 Å². The third kappa shape index (κ3) is 9.45. The van der Waals surface area contributed by atoms with Crippen molar-refractivity contribution in [3.63, 3.8) is 0 Å². The van der Waals surface area contributed by atoms with Crippen LogP contribution in [0.3, 0.4) is 0 Å². The van der Waals surface area contributed by atoms with Gasteiger partial charge in [-0.05, 0) is 87.5 Å². The number of piperidine rings is 1. The summed E-state index contributed by atoms with van der Waals surface area (Å²) in [7, 11) is 0. The highest BCUT2D eigenvalue weighted by Gasteiger charge is 2.21. The van der Waals surface area contributed by atoms with Crippen LogP contribution < -0.4 is 4.74 Å². The van der Waals surface area contributed by atoms with Gasteiger partial charge in [-0.1, -0.05) is 69.3 Å². The van der Waals surface area contributed by atoms with Crippen LogP contribution in [0.2, 0.25) is 5.02 Å². The Kier molecular flexibility index (Phi) is 12.7. The van der Waals surface area contributed by atoms with Crippen LogP contribution in [0.4, 0.5) is 0 Å². The maximum Gasteiger partial charge on any atom is 0.123 e. The Hall–Kier alpha value is -1.20. The molecule has 0 aliphatic carbocycles. The van der Waals surface area contributed by atoms with E-state index in [0.29, 0.717) is 6.04 Å². The molecular formula is C29H43ClN2OS. The molecule has 2 aromatic carbocycles. The van der Waals surface area contributed by atoms with Gasteiger partial charge in [0, 0.05) is 34.6 Å². The number of hydrogen-bond acceptors (Lipinski definition) is 4. The van der Waals surface area contributed by atoms with Crippen molar-refractivity contribution in [3.05, 3.63) is 59.1 Å². The number of hydrogen-bond donors (Lipinski definition) is 0. The molecule has 1 fully saturated rings. The fraction of sp³-hybridized carbons (Fsp3) is 0.586. The third-order valence-electron chi connectivity index (χ3n) is 6.58. The smallest absolute Gasteiger partial charge is 0.123 e. The van der Waals surface area contributed by atoms with Crippen molar-refractivity contribution in [2.45, 2.75) is 89.1 Å². The Morgan fingerprint density at radius 1 is 0.941 bits per heavy atom. The highest BCUT2D eigenvalue weighted by atomic mass is 35.5. The molecule has 1 heterocycles. The zero-order valence-corrected chi connectivity index (χ0v) is 22.8. The van der Waals surface area contributed by atoms with Crippen molar-refractivity contribution in [2.24, 2.45) is 0 Å². The lowest BCUT2D eigenvalue weighted by molar-refractivity contribution is 0.204. The molecule has 5 heteroatoms. The Morgan fingerprint density at radius 3 is 2.44 bits per heavy atom. The minimum atomic E-state index is 0.540. The predicted molar refractivity (Wildman–Crippen MR) is 148 cm³/mol. The van der Waals surface area contributed by atoms with Crippen LogP contribution >= 0.6 is 23.5 Å². The molecule has 0 spiro atoms. The second kappa shape index (κ2) is 15.7. The van der Waals surface area contributed by atoms with Crippen LogP contribution in [0.25, 0.3) is 0 Å². The van der Waals surface area contributed by atoms with E-state index in [0.717, 1.165) is 36.9 Å². The largest absolute Gasteiger partial charge is 0.493 e. The molecule has 0 N–H and O–H groups in total. The van der Waals surface area contributed by atoms with Gasteiger partial charge in [-0.15, -0.1) is 0 Å². The number of ether oxygens (including phenoxy) is 1. The van der Waals surface area contributed by atoms with Crippen molar-refractivity contribution < 1.29 is 4.74 Å². The highest BCUT2D eigenvalue weighted by Crippen LogP contribution is 2.33. The molecule has 2 aromatic rings. The van der Waals surface area contributed by atoms with Crippen molar-refractivity contribution in [2.75, 3.05) is 26.2 Å². The summed E-state index contributed by atoms with van der Waals surface area (Å²) in [5.41, 5.74) is 1.28. The molecule has 0 radical (unpaired) electrons. The Bertz CT molecular complexity index is 810. The first-order chi connectivity index (χ1) is 16.7. The van der Waals surface area contributed by atoms with E-state index in [4.69, 9.17) is 16.3 Å². The molecule has 3 rings (SSSR count). The normalized spacial score (nSPS) is 15.5. The summed E-state index contributed by atoms with van der Waals surface area (Å²) >= 11 is 8.01. The predicted octanol–water partition coefficient (Wildman–Crippen LogP) is 8.46. The zero-order chi connectivity index (χ0) is 24.0. The first kappa shape index (κ1) is 27.4. The van der Waals surface area contributed by atoms with Crippen molar-refractivity contribution >= 4 is 23.5 Å². The second-order valence-electron chi connectivity index (χ2n) is 9.42. The standard InChI is InChI=1S/C29H43ClN2OS/c1-3-5-14-27(12-4-2)32(34-28-18-16-26(30)17-19-28)24-25-13-7-8-15-29(25)33-23-11-22-31-20-9-6-10-21-31/h7-8,13,15-19,27H,3-6,9-12,14,20-24H2,1-2H3. The van der Waals surface area contributed by atoms with Crippen molar-refractivity contribution in [3.8, 4) is 5.75 Å². The van der Waals surface area contributed by atoms with Gasteiger partial charge in [0.2, 0.25) is 0 Å². The van der Waals surface area contributed by atoms with Gasteiger partial charge in [0.25, 0.3) is 0 Å². The quantitative estimate of drug-likeness (QED) is 0.179. The van der Waals surface area contributed by atoms with Gasteiger partial charge < -0.3 is 9.64 Å². The SMILES string of the molecule is CCCCC(CCC)N(Cc1ccccc1OCCCN1CCCCC1)Sc1ccc(Cl)cc1. The number of para-hydroxylation sites is 1. The number of halogens is 1. The van der Waals surface area contributed by atoms with Crippen LogP contribution in [0.5, 0.6) is 5.75 Å². The molecule has 0 saturated carbocycles. The molecular weight excluding hydrogens is 460 g/mol. The molecule has 0 aromatic heterocycles. The number of nitrogens with zero attached hydrogens (tertiary/aromatic N) is 2. The molecule has 188 valence electrons. The van der Waals surface area contributed by atoms with Crippen LogP contribution in [0.1, 0.15) is 77.2 Å². The van der Waals surface area contributed by atoms with Crippen LogP contribution in [0, 0.1) is 0 Å². The van der Waals surface area contributed by atoms with E-state index in [1.165, 1.54) is 74.9 Å². The third-order valence-corrected chi connectivity index (χ3v) is 7.98. The van der Waals surface area contributed by atoms with Gasteiger partial charge >= 0.3 is 0 Å². The Balaban J connectivity index is 1.66. The number of rotatable bonds is 15. The van der Waals surface area contributed by atoms with Gasteiger partial charge in [0.15, 0.2) is 0 Å². The van der Waals surface area contributed by atoms with Gasteiger partial charge in [0.05, 0.1) is 6.61 Å². The first-order valence-electron chi connectivity index (χ1n) is 13.3. The van der Waals surface area contributed by atoms with Gasteiger partial charge in [-0.25, -0.2) is 4.31 Å². The fourth-order valence-electron chi connectivity index (χ4n) is 4.67. The van der Waals surface area contributed by atoms with Gasteiger partial charge in [-0.2, -0.15) is 0 Å². The van der Waals surface area contributed by atoms with E-state index >= 15 is 0 Å². The van der Waals surface area contributed by atoms with Crippen LogP contribution in [-0.4, -0.2) is 41.5 Å². The Morgan fingerprint density at radius 2 is 1.71 bits per heavy atom. The average Bonchev–Trinajstić information content (AvgIpc) is 2.87. The summed E-state index contributed by atoms with van der Waals surface area (Å²) < 4.78 is 8.92. The lowest BCUT2D eigenvalue weighted by atomic mass is 10.0. The number of likely N-dealkylation sites (tertiary alicyclic amines) is 1. The van der Waals surface area contributed by atoms with E-state index < -0.39 is 0 Å². The Labute approximate surface area is 217 Å². The second-order valence-corrected chi connectivity index (χ2v) is 11.0. The first-order valence-corrected chi connectivity index (χ1v) is 14.5. The number of benzene rings is 2. The minimum absolute atomic E-state index is 0.540. The summed E-state index contributed by atoms with van der Waals surface area (Å²) in [6.45, 7) is 9.90. The summed E-state index contributed by atoms with van der Waals surface area (Å²) in [6, 6.07) is 17.4. The lowest BCUT2D eigenvalue weighted by Gasteiger charge is -2.31. The topological polar surface area (TPSA) is 15.7 Å². The monoisotopic (exact) mass is 502 g/mol. The summed E-state index contributed by atoms with van der Waals surface area (Å²) in [4.78, 5) is 3.83. The van der Waals surface area contributed by atoms with E-state index in [1.807, 2.05) is 24.1 Å². The van der Waals surface area contributed by atoms with Gasteiger partial charge in [-0.3, -0.25) is 0 Å². The van der Waals surface area contributed by atoms with E-state index in [1.54, 1.807) is 0 Å². The molecule has 0 bridgehead atoms. The number of unbranched alkanes of at least 4 members (excludes halogenated alkanes) is 1. The molecule has 1 aliphatic heterocycles. The maximum atomic E-state index is 6.34. The van der Waals surface area contributed by atoms with Crippen molar-refractivity contribution in [1.82, 2.24) is 9.21 Å². The van der Waals surface area contributed by atoms with E-state index in [2.05, 4.69) is 59.5 Å². The molecule has 1 aliphatic rings. The van der Waals surface area contributed by atoms with Crippen LogP contribution in [0.15, 0.2) is 53.4 Å². The molecule has 1 saturated heterocycles. The molecule has 1 atom stereocenters. The van der Waals surface area contributed by atoms with Crippen LogP contribution in [-0.2, 0) is 6.54 Å². The average molecular weight is 503 g/mol. The maximum absolute atomic E-state index is 6.34. The minimum Gasteiger partial charge on any atom is -0.493 e. The van der Waals surface area contributed by atoms with E-state index in [-0.39, 0.29) is 0 Å². The molecule has 34 heavy (non-hydrogen) atoms. The highest BCUT2D eigenvalue weighted by molar-refractivity contribution is 7.97.